The van der Waals surface area contributed by atoms with Crippen molar-refractivity contribution in [2.45, 2.75) is 68.3 Å². The Morgan fingerprint density at radius 2 is 1.51 bits per heavy atom. The number of hydrogen-bond donors (Lipinski definition) is 10. The van der Waals surface area contributed by atoms with Gasteiger partial charge in [0.15, 0.2) is 29.7 Å². The van der Waals surface area contributed by atoms with Crippen LogP contribution < -0.4 is 14.9 Å². The van der Waals surface area contributed by atoms with E-state index in [1.807, 2.05) is 0 Å². The normalized spacial score (nSPS) is 32.9. The number of aliphatic hydroxyl groups excluding tert-OH is 7. The molecule has 16 heteroatoms. The summed E-state index contributed by atoms with van der Waals surface area (Å²) in [5.74, 6) is -3.22. The summed E-state index contributed by atoms with van der Waals surface area (Å²) in [6.07, 6.45) is -15.9. The predicted molar refractivity (Wildman–Crippen MR) is 140 cm³/mol. The molecule has 0 bridgehead atoms. The van der Waals surface area contributed by atoms with Crippen LogP contribution in [0.4, 0.5) is 0 Å². The highest BCUT2D eigenvalue weighted by Crippen LogP contribution is 2.40. The van der Waals surface area contributed by atoms with Crippen molar-refractivity contribution in [1.29, 1.82) is 0 Å². The highest BCUT2D eigenvalue weighted by molar-refractivity contribution is 5.88. The van der Waals surface area contributed by atoms with Gasteiger partial charge in [-0.05, 0) is 25.1 Å². The quantitative estimate of drug-likeness (QED) is 0.135. The molecule has 16 nitrogen and oxygen atoms in total. The molecule has 2 aromatic carbocycles. The molecule has 43 heavy (non-hydrogen) atoms. The van der Waals surface area contributed by atoms with E-state index in [1.165, 1.54) is 13.0 Å². The minimum Gasteiger partial charge on any atom is -0.507 e. The molecule has 234 valence electrons. The third-order valence-electron chi connectivity index (χ3n) is 7.30. The summed E-state index contributed by atoms with van der Waals surface area (Å²) in [7, 11) is 0. The summed E-state index contributed by atoms with van der Waals surface area (Å²) in [4.78, 5) is 13.7. The van der Waals surface area contributed by atoms with E-state index in [2.05, 4.69) is 0 Å². The standard InChI is InChI=1S/C27H30O16/c1-8-17(32)21(36)25(26(38)39-8)40-10-5-13(31)16-14(6-10)41-23(9-2-3-11(29)12(30)4-9)24(19(16)34)43-27-22(37)20(35)18(33)15(7-28)42-27/h2-6,8,15,17-18,20-22,25-33,35-38H,7H2,1H3. The van der Waals surface area contributed by atoms with Crippen LogP contribution in [0.3, 0.4) is 0 Å². The lowest BCUT2D eigenvalue weighted by Crippen LogP contribution is -2.60. The summed E-state index contributed by atoms with van der Waals surface area (Å²) < 4.78 is 27.6. The third-order valence-corrected chi connectivity index (χ3v) is 7.30. The second kappa shape index (κ2) is 11.8. The zero-order valence-corrected chi connectivity index (χ0v) is 22.3. The van der Waals surface area contributed by atoms with Gasteiger partial charge in [0.1, 0.15) is 59.1 Å². The van der Waals surface area contributed by atoms with Crippen molar-refractivity contribution in [2.24, 2.45) is 0 Å². The highest BCUT2D eigenvalue weighted by Gasteiger charge is 2.46. The van der Waals surface area contributed by atoms with Crippen LogP contribution >= 0.6 is 0 Å². The van der Waals surface area contributed by atoms with Gasteiger partial charge < -0.3 is 74.4 Å². The second-order valence-corrected chi connectivity index (χ2v) is 10.2. The van der Waals surface area contributed by atoms with E-state index in [4.69, 9.17) is 23.4 Å². The summed E-state index contributed by atoms with van der Waals surface area (Å²) in [6.45, 7) is 0.640. The van der Waals surface area contributed by atoms with Crippen molar-refractivity contribution in [3.8, 4) is 40.1 Å². The maximum absolute atomic E-state index is 13.7. The Balaban J connectivity index is 1.62. The number of benzene rings is 2. The molecular formula is C27H30O16. The molecule has 3 aromatic rings. The van der Waals surface area contributed by atoms with Crippen molar-refractivity contribution in [1.82, 2.24) is 0 Å². The fourth-order valence-electron chi connectivity index (χ4n) is 4.87. The average molecular weight is 611 g/mol. The monoisotopic (exact) mass is 610 g/mol. The predicted octanol–water partition coefficient (Wildman–Crippen LogP) is -2.04. The minimum atomic E-state index is -1.92. The molecule has 0 amide bonds. The molecule has 0 saturated carbocycles. The topological polar surface area (TPSA) is 269 Å². The van der Waals surface area contributed by atoms with Gasteiger partial charge in [-0.15, -0.1) is 0 Å². The van der Waals surface area contributed by atoms with Crippen LogP contribution in [0, 0.1) is 0 Å². The molecule has 2 aliphatic rings. The summed E-state index contributed by atoms with van der Waals surface area (Å²) in [5, 5.41) is 101. The van der Waals surface area contributed by atoms with Crippen molar-refractivity contribution in [3.05, 3.63) is 40.6 Å². The van der Waals surface area contributed by atoms with Crippen molar-refractivity contribution < 1.29 is 74.4 Å². The smallest absolute Gasteiger partial charge is 0.239 e. The van der Waals surface area contributed by atoms with Crippen molar-refractivity contribution >= 4 is 11.0 Å². The Hall–Kier alpha value is -3.71. The van der Waals surface area contributed by atoms with Crippen LogP contribution in [-0.2, 0) is 9.47 Å². The highest BCUT2D eigenvalue weighted by atomic mass is 16.7. The average Bonchev–Trinajstić information content (AvgIpc) is 2.96. The van der Waals surface area contributed by atoms with E-state index in [0.29, 0.717) is 0 Å². The van der Waals surface area contributed by atoms with Crippen LogP contribution in [0.2, 0.25) is 0 Å². The van der Waals surface area contributed by atoms with E-state index >= 15 is 0 Å². The Kier molecular flexibility index (Phi) is 8.41. The lowest BCUT2D eigenvalue weighted by Gasteiger charge is -2.39. The van der Waals surface area contributed by atoms with Gasteiger partial charge in [0.05, 0.1) is 12.7 Å². The molecule has 10 N–H and O–H groups in total. The van der Waals surface area contributed by atoms with Gasteiger partial charge in [-0.2, -0.15) is 0 Å². The molecule has 1 aromatic heterocycles. The zero-order valence-electron chi connectivity index (χ0n) is 22.3. The Morgan fingerprint density at radius 1 is 0.791 bits per heavy atom. The molecule has 0 spiro atoms. The van der Waals surface area contributed by atoms with E-state index in [0.717, 1.165) is 24.3 Å². The Bertz CT molecular complexity index is 1540. The number of phenolic OH excluding ortho intramolecular Hbond substituents is 3. The zero-order chi connectivity index (χ0) is 31.3. The van der Waals surface area contributed by atoms with Crippen LogP contribution in [0.5, 0.6) is 28.7 Å². The minimum absolute atomic E-state index is 0.0525. The number of rotatable bonds is 6. The van der Waals surface area contributed by atoms with E-state index in [-0.39, 0.29) is 16.9 Å². The summed E-state index contributed by atoms with van der Waals surface area (Å²) in [5.41, 5.74) is -1.43. The van der Waals surface area contributed by atoms with E-state index in [9.17, 15) is 55.9 Å². The number of fused-ring (bicyclic) bond motifs is 1. The van der Waals surface area contributed by atoms with Gasteiger partial charge >= 0.3 is 0 Å². The molecule has 2 saturated heterocycles. The van der Waals surface area contributed by atoms with Crippen LogP contribution in [0.15, 0.2) is 39.5 Å². The van der Waals surface area contributed by atoms with Gasteiger partial charge in [-0.1, -0.05) is 0 Å². The lowest BCUT2D eigenvalue weighted by molar-refractivity contribution is -0.277. The first kappa shape index (κ1) is 30.7. The number of aromatic hydroxyl groups is 3. The molecule has 5 rings (SSSR count). The van der Waals surface area contributed by atoms with Gasteiger partial charge in [-0.25, -0.2) is 0 Å². The molecule has 10 atom stereocenters. The van der Waals surface area contributed by atoms with Crippen molar-refractivity contribution in [2.75, 3.05) is 6.61 Å². The molecule has 3 heterocycles. The summed E-state index contributed by atoms with van der Waals surface area (Å²) >= 11 is 0. The fourth-order valence-corrected chi connectivity index (χ4v) is 4.87. The van der Waals surface area contributed by atoms with Gasteiger partial charge in [-0.3, -0.25) is 4.79 Å². The largest absolute Gasteiger partial charge is 0.507 e. The molecule has 10 unspecified atom stereocenters. The lowest BCUT2D eigenvalue weighted by atomic mass is 9.99. The van der Waals surface area contributed by atoms with Crippen LogP contribution in [0.25, 0.3) is 22.3 Å². The fraction of sp³-hybridized carbons (Fsp3) is 0.444. The number of aliphatic hydroxyl groups is 7. The van der Waals surface area contributed by atoms with Gasteiger partial charge in [0.2, 0.25) is 17.5 Å². The number of ether oxygens (including phenoxy) is 4. The maximum atomic E-state index is 13.7. The molecule has 0 radical (unpaired) electrons. The SMILES string of the molecule is CC1OC(O)C(Oc2cc(O)c3c(=O)c(OC4OC(CO)C(O)C(O)C4O)c(-c4ccc(O)c(O)c4)oc3c2)C(O)C1O. The van der Waals surface area contributed by atoms with Gasteiger partial charge in [0, 0.05) is 17.7 Å². The first-order chi connectivity index (χ1) is 20.3. The molecule has 2 aliphatic heterocycles. The summed E-state index contributed by atoms with van der Waals surface area (Å²) in [6, 6.07) is 5.37. The maximum Gasteiger partial charge on any atom is 0.239 e. The van der Waals surface area contributed by atoms with Crippen LogP contribution in [-0.4, -0.2) is 119 Å². The molecule has 0 aliphatic carbocycles. The molecular weight excluding hydrogens is 580 g/mol. The van der Waals surface area contributed by atoms with Crippen molar-refractivity contribution in [3.63, 3.8) is 0 Å². The van der Waals surface area contributed by atoms with E-state index in [1.54, 1.807) is 0 Å². The first-order valence-corrected chi connectivity index (χ1v) is 13.0. The molecule has 2 fully saturated rings. The van der Waals surface area contributed by atoms with Crippen LogP contribution in [0.1, 0.15) is 6.92 Å². The Labute approximate surface area is 241 Å². The second-order valence-electron chi connectivity index (χ2n) is 10.2. The first-order valence-electron chi connectivity index (χ1n) is 13.0. The number of phenols is 3. The van der Waals surface area contributed by atoms with E-state index < -0.39 is 108 Å². The Morgan fingerprint density at radius 3 is 2.19 bits per heavy atom. The van der Waals surface area contributed by atoms with Gasteiger partial charge in [0.25, 0.3) is 0 Å². The number of hydrogen-bond acceptors (Lipinski definition) is 16. The third kappa shape index (κ3) is 5.55.